The first-order chi connectivity index (χ1) is 4.06. The van der Waals surface area contributed by atoms with E-state index in [1.807, 2.05) is 6.07 Å². The number of hydrogen-bond donors (Lipinski definition) is 1. The molecule has 9 heavy (non-hydrogen) atoms. The summed E-state index contributed by atoms with van der Waals surface area (Å²) in [5.74, 6) is 0. The van der Waals surface area contributed by atoms with Gasteiger partial charge in [-0.15, -0.1) is 0 Å². The minimum Gasteiger partial charge on any atom is -0.345 e. The van der Waals surface area contributed by atoms with E-state index < -0.39 is 13.2 Å². The van der Waals surface area contributed by atoms with E-state index in [1.54, 1.807) is 6.92 Å². The van der Waals surface area contributed by atoms with Crippen molar-refractivity contribution in [3.63, 3.8) is 0 Å². The van der Waals surface area contributed by atoms with Crippen molar-refractivity contribution in [2.75, 3.05) is 0 Å². The molecule has 0 aromatic heterocycles. The van der Waals surface area contributed by atoms with Crippen LogP contribution in [0.4, 0.5) is 0 Å². The summed E-state index contributed by atoms with van der Waals surface area (Å²) in [7, 11) is -2.68. The van der Waals surface area contributed by atoms with Gasteiger partial charge < -0.3 is 4.89 Å². The Labute approximate surface area is 55.2 Å². The van der Waals surface area contributed by atoms with Crippen LogP contribution in [0.2, 0.25) is 0 Å². The zero-order valence-electron chi connectivity index (χ0n) is 5.51. The van der Waals surface area contributed by atoms with Gasteiger partial charge in [0, 0.05) is 0 Å². The first kappa shape index (κ1) is 8.68. The summed E-state index contributed by atoms with van der Waals surface area (Å²) in [5.41, 5.74) is 0. The lowest BCUT2D eigenvalue weighted by atomic mass is 10.1. The van der Waals surface area contributed by atoms with Crippen LogP contribution in [0.15, 0.2) is 0 Å². The Morgan fingerprint density at radius 1 is 1.89 bits per heavy atom. The van der Waals surface area contributed by atoms with Crippen LogP contribution in [0.3, 0.4) is 0 Å². The van der Waals surface area contributed by atoms with Crippen LogP contribution in [-0.2, 0) is 4.57 Å². The first-order valence-electron chi connectivity index (χ1n) is 2.71. The summed E-state index contributed by atoms with van der Waals surface area (Å²) in [6, 6.07) is 1.81. The molecule has 0 aromatic rings. The molecule has 0 heterocycles. The highest BCUT2D eigenvalue weighted by Gasteiger charge is 2.27. The van der Waals surface area contributed by atoms with Crippen molar-refractivity contribution in [3.8, 4) is 6.07 Å². The summed E-state index contributed by atoms with van der Waals surface area (Å²) in [6.07, 6.45) is 0.428. The largest absolute Gasteiger partial charge is 0.345 e. The highest BCUT2D eigenvalue weighted by molar-refractivity contribution is 7.40. The van der Waals surface area contributed by atoms with E-state index in [1.165, 1.54) is 6.92 Å². The molecule has 0 bridgehead atoms. The van der Waals surface area contributed by atoms with Crippen LogP contribution in [0.5, 0.6) is 0 Å². The summed E-state index contributed by atoms with van der Waals surface area (Å²) >= 11 is 0. The summed E-state index contributed by atoms with van der Waals surface area (Å²) in [5, 5.41) is 7.36. The minimum atomic E-state index is -2.68. The van der Waals surface area contributed by atoms with E-state index in [0.29, 0.717) is 6.42 Å². The molecule has 0 amide bonds. The third kappa shape index (κ3) is 1.82. The fourth-order valence-electron chi connectivity index (χ4n) is 0.278. The Morgan fingerprint density at radius 3 is 2.33 bits per heavy atom. The normalized spacial score (nSPS) is 19.8. The van der Waals surface area contributed by atoms with E-state index in [0.717, 1.165) is 0 Å². The van der Waals surface area contributed by atoms with Crippen molar-refractivity contribution < 1.29 is 9.46 Å². The van der Waals surface area contributed by atoms with E-state index >= 15 is 0 Å². The van der Waals surface area contributed by atoms with Gasteiger partial charge in [0.2, 0.25) is 8.03 Å². The van der Waals surface area contributed by atoms with Gasteiger partial charge in [-0.25, -0.2) is 0 Å². The van der Waals surface area contributed by atoms with Crippen LogP contribution in [-0.4, -0.2) is 10.0 Å². The van der Waals surface area contributed by atoms with Crippen LogP contribution in [0, 0.1) is 11.3 Å². The van der Waals surface area contributed by atoms with Crippen molar-refractivity contribution in [1.29, 1.82) is 5.26 Å². The monoisotopic (exact) mass is 147 g/mol. The maximum atomic E-state index is 10.4. The predicted octanol–water partition coefficient (Wildman–Crippen LogP) is 1.15. The summed E-state index contributed by atoms with van der Waals surface area (Å²) in [4.78, 5) is 8.60. The third-order valence-corrected chi connectivity index (χ3v) is 2.84. The topological polar surface area (TPSA) is 61.1 Å². The van der Waals surface area contributed by atoms with Gasteiger partial charge in [0.1, 0.15) is 5.16 Å². The predicted molar refractivity (Wildman–Crippen MR) is 35.5 cm³/mol. The number of hydrogen-bond acceptors (Lipinski definition) is 2. The minimum absolute atomic E-state index is 0.428. The van der Waals surface area contributed by atoms with Crippen molar-refractivity contribution in [2.24, 2.45) is 0 Å². The maximum Gasteiger partial charge on any atom is 0.208 e. The second-order valence-corrected chi connectivity index (χ2v) is 3.82. The molecule has 0 aliphatic rings. The van der Waals surface area contributed by atoms with E-state index in [9.17, 15) is 4.57 Å². The smallest absolute Gasteiger partial charge is 0.208 e. The van der Waals surface area contributed by atoms with Crippen molar-refractivity contribution in [3.05, 3.63) is 0 Å². The zero-order valence-corrected chi connectivity index (χ0v) is 6.51. The molecule has 2 atom stereocenters. The first-order valence-corrected chi connectivity index (χ1v) is 4.07. The van der Waals surface area contributed by atoms with Crippen molar-refractivity contribution >= 4 is 8.03 Å². The molecule has 3 nitrogen and oxygen atoms in total. The van der Waals surface area contributed by atoms with Gasteiger partial charge in [-0.05, 0) is 13.3 Å². The third-order valence-electron chi connectivity index (χ3n) is 1.43. The molecule has 0 saturated carbocycles. The molecule has 0 saturated heterocycles. The van der Waals surface area contributed by atoms with Gasteiger partial charge in [-0.2, -0.15) is 5.26 Å². The highest BCUT2D eigenvalue weighted by atomic mass is 31.1. The molecule has 0 aliphatic carbocycles. The Hall–Kier alpha value is -0.320. The summed E-state index contributed by atoms with van der Waals surface area (Å²) in [6.45, 7) is 3.22. The Morgan fingerprint density at radius 2 is 2.33 bits per heavy atom. The van der Waals surface area contributed by atoms with Crippen LogP contribution in [0.1, 0.15) is 20.3 Å². The van der Waals surface area contributed by atoms with E-state index in [-0.39, 0.29) is 0 Å². The maximum absolute atomic E-state index is 10.4. The number of rotatable bonds is 2. The van der Waals surface area contributed by atoms with Gasteiger partial charge in [-0.3, -0.25) is 4.57 Å². The van der Waals surface area contributed by atoms with E-state index in [4.69, 9.17) is 10.2 Å². The number of nitrogens with zero attached hydrogens (tertiary/aromatic N) is 1. The van der Waals surface area contributed by atoms with Gasteiger partial charge in [0.15, 0.2) is 0 Å². The molecule has 0 aliphatic heterocycles. The second kappa shape index (κ2) is 3.00. The van der Waals surface area contributed by atoms with Crippen LogP contribution >= 0.6 is 8.03 Å². The Balaban J connectivity index is 4.33. The van der Waals surface area contributed by atoms with Gasteiger partial charge in [0.05, 0.1) is 6.07 Å². The molecule has 0 aromatic carbocycles. The molecule has 0 rings (SSSR count). The standard InChI is InChI=1S/C5H10NO2P/c1-3-5(2,4-6)9(7)8/h9H,3H2,1-2H3,(H,7,8). The molecular formula is C5H10NO2P. The second-order valence-electron chi connectivity index (χ2n) is 2.10. The van der Waals surface area contributed by atoms with Crippen LogP contribution < -0.4 is 0 Å². The lowest BCUT2D eigenvalue weighted by Gasteiger charge is -2.13. The average molecular weight is 147 g/mol. The van der Waals surface area contributed by atoms with Gasteiger partial charge >= 0.3 is 0 Å². The molecule has 0 spiro atoms. The molecule has 4 heteroatoms. The number of nitriles is 1. The van der Waals surface area contributed by atoms with Gasteiger partial charge in [0.25, 0.3) is 0 Å². The fraction of sp³-hybridized carbons (Fsp3) is 0.800. The van der Waals surface area contributed by atoms with Crippen molar-refractivity contribution in [1.82, 2.24) is 0 Å². The lowest BCUT2D eigenvalue weighted by molar-refractivity contribution is 0.474. The fourth-order valence-corrected chi connectivity index (χ4v) is 0.676. The molecule has 52 valence electrons. The van der Waals surface area contributed by atoms with Crippen LogP contribution in [0.25, 0.3) is 0 Å². The van der Waals surface area contributed by atoms with Gasteiger partial charge in [-0.1, -0.05) is 6.92 Å². The van der Waals surface area contributed by atoms with Crippen molar-refractivity contribution in [2.45, 2.75) is 25.4 Å². The highest BCUT2D eigenvalue weighted by Crippen LogP contribution is 2.36. The summed E-state index contributed by atoms with van der Waals surface area (Å²) < 4.78 is 10.4. The lowest BCUT2D eigenvalue weighted by Crippen LogP contribution is -2.14. The van der Waals surface area contributed by atoms with E-state index in [2.05, 4.69) is 0 Å². The molecule has 0 radical (unpaired) electrons. The Bertz CT molecular complexity index is 163. The average Bonchev–Trinajstić information content (AvgIpc) is 1.86. The Kier molecular flexibility index (Phi) is 2.90. The SMILES string of the molecule is CCC(C)(C#N)[PH](=O)O. The molecule has 1 N–H and O–H groups in total. The molecular weight excluding hydrogens is 137 g/mol. The zero-order chi connectivity index (χ0) is 7.49. The molecule has 0 fully saturated rings. The molecule has 2 unspecified atom stereocenters. The quantitative estimate of drug-likeness (QED) is 0.596.